The fraction of sp³-hybridized carbons (Fsp3) is 0.0909. The minimum absolute atomic E-state index is 0.151. The molecule has 1 heterocycles. The van der Waals surface area contributed by atoms with Crippen molar-refractivity contribution in [3.63, 3.8) is 0 Å². The van der Waals surface area contributed by atoms with Crippen molar-refractivity contribution in [3.05, 3.63) is 70.9 Å². The molecule has 1 aliphatic heterocycles. The highest BCUT2D eigenvalue weighted by Gasteiger charge is 2.35. The predicted molar refractivity (Wildman–Crippen MR) is 112 cm³/mol. The topological polar surface area (TPSA) is 67.9 Å². The summed E-state index contributed by atoms with van der Waals surface area (Å²) in [6.07, 6.45) is 1.62. The molecule has 0 aromatic heterocycles. The number of methoxy groups -OCH3 is 2. The van der Waals surface area contributed by atoms with Crippen molar-refractivity contribution in [2.45, 2.75) is 0 Å². The van der Waals surface area contributed by atoms with Gasteiger partial charge in [0.05, 0.1) is 19.9 Å². The first-order valence-corrected chi connectivity index (χ1v) is 9.17. The van der Waals surface area contributed by atoms with E-state index < -0.39 is 11.9 Å². The third-order valence-corrected chi connectivity index (χ3v) is 4.95. The second-order valence-corrected chi connectivity index (χ2v) is 6.81. The quantitative estimate of drug-likeness (QED) is 0.505. The number of anilines is 1. The summed E-state index contributed by atoms with van der Waals surface area (Å²) in [5, 5.41) is 4.94. The third kappa shape index (κ3) is 3.39. The van der Waals surface area contributed by atoms with Crippen molar-refractivity contribution in [2.75, 3.05) is 19.1 Å². The Hall–Kier alpha value is -3.51. The van der Waals surface area contributed by atoms with E-state index in [2.05, 4.69) is 5.32 Å². The van der Waals surface area contributed by atoms with Crippen LogP contribution in [0.15, 0.2) is 60.3 Å². The summed E-state index contributed by atoms with van der Waals surface area (Å²) in [7, 11) is 3.14. The first kappa shape index (κ1) is 18.8. The van der Waals surface area contributed by atoms with Crippen molar-refractivity contribution in [1.29, 1.82) is 0 Å². The van der Waals surface area contributed by atoms with Gasteiger partial charge in [0.2, 0.25) is 0 Å². The zero-order valence-electron chi connectivity index (χ0n) is 15.7. The molecule has 29 heavy (non-hydrogen) atoms. The lowest BCUT2D eigenvalue weighted by atomic mass is 10.0. The van der Waals surface area contributed by atoms with Gasteiger partial charge in [-0.15, -0.1) is 0 Å². The Bertz CT molecular complexity index is 1150. The summed E-state index contributed by atoms with van der Waals surface area (Å²) in [5.41, 5.74) is 1.26. The monoisotopic (exact) mass is 408 g/mol. The Morgan fingerprint density at radius 3 is 2.38 bits per heavy atom. The van der Waals surface area contributed by atoms with Gasteiger partial charge in [-0.05, 0) is 59.3 Å². The van der Waals surface area contributed by atoms with Crippen LogP contribution in [0.3, 0.4) is 0 Å². The van der Waals surface area contributed by atoms with Crippen LogP contribution in [-0.4, -0.2) is 26.2 Å². The van der Waals surface area contributed by atoms with Gasteiger partial charge in [0.1, 0.15) is 17.2 Å². The minimum atomic E-state index is -0.527. The molecule has 0 unspecified atom stereocenters. The van der Waals surface area contributed by atoms with Crippen molar-refractivity contribution in [2.24, 2.45) is 0 Å². The van der Waals surface area contributed by atoms with E-state index in [1.54, 1.807) is 44.6 Å². The molecule has 6 nitrogen and oxygen atoms in total. The van der Waals surface area contributed by atoms with Crippen molar-refractivity contribution in [3.8, 4) is 11.5 Å². The summed E-state index contributed by atoms with van der Waals surface area (Å²) < 4.78 is 10.8. The van der Waals surface area contributed by atoms with Crippen LogP contribution in [0, 0.1) is 0 Å². The molecule has 1 N–H and O–H groups in total. The standard InChI is InChI=1S/C22H17ClN2O4/c1-28-16-9-3-13-4-10-20(29-2)18(17(13)11-16)12-19-21(26)25(22(27)24-19)15-7-5-14(23)6-8-15/h3-12H,1-2H3,(H,24,27)/b19-12+. The van der Waals surface area contributed by atoms with Gasteiger partial charge in [0, 0.05) is 10.6 Å². The number of amides is 3. The Balaban J connectivity index is 1.81. The van der Waals surface area contributed by atoms with E-state index >= 15 is 0 Å². The average molecular weight is 409 g/mol. The number of carbonyl (C=O) groups is 2. The number of nitrogens with zero attached hydrogens (tertiary/aromatic N) is 1. The van der Waals surface area contributed by atoms with Crippen LogP contribution >= 0.6 is 11.6 Å². The molecule has 3 aromatic carbocycles. The van der Waals surface area contributed by atoms with Crippen LogP contribution in [0.2, 0.25) is 5.02 Å². The van der Waals surface area contributed by atoms with E-state index in [0.29, 0.717) is 27.8 Å². The highest BCUT2D eigenvalue weighted by Crippen LogP contribution is 2.33. The Morgan fingerprint density at radius 2 is 1.69 bits per heavy atom. The molecule has 1 aliphatic rings. The van der Waals surface area contributed by atoms with Crippen molar-refractivity contribution in [1.82, 2.24) is 5.32 Å². The van der Waals surface area contributed by atoms with Crippen molar-refractivity contribution >= 4 is 46.1 Å². The van der Waals surface area contributed by atoms with Gasteiger partial charge in [-0.25, -0.2) is 9.69 Å². The molecule has 7 heteroatoms. The van der Waals surface area contributed by atoms with Crippen LogP contribution in [0.4, 0.5) is 10.5 Å². The van der Waals surface area contributed by atoms with Gasteiger partial charge in [-0.1, -0.05) is 23.7 Å². The van der Waals surface area contributed by atoms with E-state index in [-0.39, 0.29) is 5.70 Å². The molecular formula is C22H17ClN2O4. The van der Waals surface area contributed by atoms with E-state index in [0.717, 1.165) is 15.7 Å². The molecule has 3 aromatic rings. The number of benzene rings is 3. The average Bonchev–Trinajstić information content (AvgIpc) is 3.01. The number of fused-ring (bicyclic) bond motifs is 1. The molecule has 3 amide bonds. The van der Waals surface area contributed by atoms with E-state index in [9.17, 15) is 9.59 Å². The molecule has 4 rings (SSSR count). The van der Waals surface area contributed by atoms with Gasteiger partial charge in [0.15, 0.2) is 0 Å². The SMILES string of the molecule is COc1ccc2ccc(OC)c(/C=C3/NC(=O)N(c4ccc(Cl)cc4)C3=O)c2c1. The second-order valence-electron chi connectivity index (χ2n) is 6.37. The summed E-state index contributed by atoms with van der Waals surface area (Å²) in [6, 6.07) is 15.3. The van der Waals surface area contributed by atoms with Crippen molar-refractivity contribution < 1.29 is 19.1 Å². The predicted octanol–water partition coefficient (Wildman–Crippen LogP) is 4.61. The first-order chi connectivity index (χ1) is 14.0. The second kappa shape index (κ2) is 7.48. The number of hydrogen-bond acceptors (Lipinski definition) is 4. The number of nitrogens with one attached hydrogen (secondary N) is 1. The molecule has 1 fully saturated rings. The molecule has 0 aliphatic carbocycles. The number of imide groups is 1. The van der Waals surface area contributed by atoms with Crippen LogP contribution in [0.5, 0.6) is 11.5 Å². The third-order valence-electron chi connectivity index (χ3n) is 4.70. The van der Waals surface area contributed by atoms with Crippen LogP contribution in [0.1, 0.15) is 5.56 Å². The smallest absolute Gasteiger partial charge is 0.333 e. The van der Waals surface area contributed by atoms with Gasteiger partial charge in [-0.2, -0.15) is 0 Å². The number of rotatable bonds is 4. The highest BCUT2D eigenvalue weighted by molar-refractivity contribution is 6.31. The number of ether oxygens (including phenoxy) is 2. The Kier molecular flexibility index (Phi) is 4.86. The van der Waals surface area contributed by atoms with E-state index in [4.69, 9.17) is 21.1 Å². The number of urea groups is 1. The lowest BCUT2D eigenvalue weighted by Gasteiger charge is -2.12. The molecule has 1 saturated heterocycles. The van der Waals surface area contributed by atoms with Gasteiger partial charge < -0.3 is 14.8 Å². The minimum Gasteiger partial charge on any atom is -0.497 e. The lowest BCUT2D eigenvalue weighted by Crippen LogP contribution is -2.30. The fourth-order valence-electron chi connectivity index (χ4n) is 3.26. The van der Waals surface area contributed by atoms with Crippen LogP contribution in [-0.2, 0) is 4.79 Å². The maximum atomic E-state index is 12.9. The first-order valence-electron chi connectivity index (χ1n) is 8.79. The molecule has 0 bridgehead atoms. The number of halogens is 1. The van der Waals surface area contributed by atoms with Crippen LogP contribution < -0.4 is 19.7 Å². The van der Waals surface area contributed by atoms with E-state index in [1.165, 1.54) is 0 Å². The lowest BCUT2D eigenvalue weighted by molar-refractivity contribution is -0.113. The molecule has 0 radical (unpaired) electrons. The molecule has 0 atom stereocenters. The van der Waals surface area contributed by atoms with Gasteiger partial charge in [0.25, 0.3) is 5.91 Å². The zero-order chi connectivity index (χ0) is 20.5. The number of hydrogen-bond donors (Lipinski definition) is 1. The Labute approximate surface area is 172 Å². The largest absolute Gasteiger partial charge is 0.497 e. The maximum absolute atomic E-state index is 12.9. The molecule has 146 valence electrons. The summed E-state index contributed by atoms with van der Waals surface area (Å²) in [4.78, 5) is 26.5. The molecule has 0 saturated carbocycles. The molecule has 0 spiro atoms. The van der Waals surface area contributed by atoms with Gasteiger partial charge >= 0.3 is 6.03 Å². The summed E-state index contributed by atoms with van der Waals surface area (Å²) in [6.45, 7) is 0. The summed E-state index contributed by atoms with van der Waals surface area (Å²) >= 11 is 5.90. The maximum Gasteiger partial charge on any atom is 0.333 e. The highest BCUT2D eigenvalue weighted by atomic mass is 35.5. The summed E-state index contributed by atoms with van der Waals surface area (Å²) in [5.74, 6) is 0.791. The molecular weight excluding hydrogens is 392 g/mol. The normalized spacial score (nSPS) is 15.1. The van der Waals surface area contributed by atoms with Gasteiger partial charge in [-0.3, -0.25) is 4.79 Å². The number of carbonyl (C=O) groups excluding carboxylic acids is 2. The fourth-order valence-corrected chi connectivity index (χ4v) is 3.39. The van der Waals surface area contributed by atoms with E-state index in [1.807, 2.05) is 30.3 Å². The zero-order valence-corrected chi connectivity index (χ0v) is 16.5. The van der Waals surface area contributed by atoms with Crippen LogP contribution in [0.25, 0.3) is 16.8 Å². The Morgan fingerprint density at radius 1 is 0.966 bits per heavy atom.